The third kappa shape index (κ3) is 2.21. The fourth-order valence-corrected chi connectivity index (χ4v) is 1.98. The number of benzene rings is 1. The van der Waals surface area contributed by atoms with Crippen LogP contribution in [0.2, 0.25) is 0 Å². The van der Waals surface area contributed by atoms with E-state index in [1.807, 2.05) is 36.4 Å². The molecule has 2 N–H and O–H groups in total. The second-order valence-electron chi connectivity index (χ2n) is 4.32. The van der Waals surface area contributed by atoms with E-state index in [4.69, 9.17) is 10.5 Å². The molecule has 2 heterocycles. The number of hydrogen-bond donors (Lipinski definition) is 1. The van der Waals surface area contributed by atoms with E-state index < -0.39 is 0 Å². The zero-order valence-corrected chi connectivity index (χ0v) is 11.0. The fourth-order valence-electron chi connectivity index (χ4n) is 1.98. The average Bonchev–Trinajstić information content (AvgIpc) is 2.90. The molecule has 0 saturated heterocycles. The van der Waals surface area contributed by atoms with Crippen LogP contribution in [0.1, 0.15) is 0 Å². The summed E-state index contributed by atoms with van der Waals surface area (Å²) in [6.45, 7) is 0. The molecule has 0 fully saturated rings. The lowest BCUT2D eigenvalue weighted by Crippen LogP contribution is -1.95. The molecule has 3 rings (SSSR count). The molecule has 1 aromatic carbocycles. The maximum atomic E-state index is 6.03. The minimum atomic E-state index is 0.619. The predicted octanol–water partition coefficient (Wildman–Crippen LogP) is 2.53. The van der Waals surface area contributed by atoms with Crippen LogP contribution in [0.25, 0.3) is 16.9 Å². The first-order valence-electron chi connectivity index (χ1n) is 6.18. The first-order valence-corrected chi connectivity index (χ1v) is 6.18. The average molecular weight is 266 g/mol. The zero-order chi connectivity index (χ0) is 13.9. The van der Waals surface area contributed by atoms with Gasteiger partial charge in [0.05, 0.1) is 24.7 Å². The Morgan fingerprint density at radius 2 is 1.95 bits per heavy atom. The van der Waals surface area contributed by atoms with Gasteiger partial charge in [0.1, 0.15) is 11.4 Å². The maximum Gasteiger partial charge on any atom is 0.119 e. The van der Waals surface area contributed by atoms with Gasteiger partial charge in [-0.15, -0.1) is 0 Å². The predicted molar refractivity (Wildman–Crippen MR) is 77.8 cm³/mol. The van der Waals surface area contributed by atoms with Crippen LogP contribution in [0.5, 0.6) is 5.75 Å². The van der Waals surface area contributed by atoms with Gasteiger partial charge in [0.2, 0.25) is 0 Å². The Bertz CT molecular complexity index is 704. The fraction of sp³-hybridized carbons (Fsp3) is 0.0667. The first kappa shape index (κ1) is 12.2. The van der Waals surface area contributed by atoms with Crippen LogP contribution in [0.3, 0.4) is 0 Å². The molecule has 0 atom stereocenters. The van der Waals surface area contributed by atoms with Gasteiger partial charge in [-0.25, -0.2) is 4.68 Å². The number of hydrogen-bond acceptors (Lipinski definition) is 4. The van der Waals surface area contributed by atoms with Crippen molar-refractivity contribution < 1.29 is 4.74 Å². The molecule has 0 saturated carbocycles. The number of ether oxygens (including phenoxy) is 1. The molecule has 20 heavy (non-hydrogen) atoms. The van der Waals surface area contributed by atoms with Crippen molar-refractivity contribution in [2.24, 2.45) is 0 Å². The van der Waals surface area contributed by atoms with Crippen LogP contribution in [-0.2, 0) is 0 Å². The summed E-state index contributed by atoms with van der Waals surface area (Å²) < 4.78 is 6.89. The smallest absolute Gasteiger partial charge is 0.119 e. The summed E-state index contributed by atoms with van der Waals surface area (Å²) in [5.74, 6) is 0.807. The lowest BCUT2D eigenvalue weighted by molar-refractivity contribution is 0.414. The molecule has 5 heteroatoms. The van der Waals surface area contributed by atoms with Crippen LogP contribution >= 0.6 is 0 Å². The normalized spacial score (nSPS) is 10.4. The van der Waals surface area contributed by atoms with Crippen molar-refractivity contribution in [2.75, 3.05) is 12.8 Å². The maximum absolute atomic E-state index is 6.03. The molecule has 0 unspecified atom stereocenters. The van der Waals surface area contributed by atoms with Gasteiger partial charge in [0, 0.05) is 18.0 Å². The van der Waals surface area contributed by atoms with E-state index in [1.54, 1.807) is 30.4 Å². The van der Waals surface area contributed by atoms with Crippen molar-refractivity contribution in [1.29, 1.82) is 0 Å². The SMILES string of the molecule is COc1ccc(-n2cc(N)c(-c3cccnc3)n2)cc1. The van der Waals surface area contributed by atoms with Crippen LogP contribution in [0.4, 0.5) is 5.69 Å². The second-order valence-corrected chi connectivity index (χ2v) is 4.32. The molecule has 0 radical (unpaired) electrons. The number of aromatic nitrogens is 3. The zero-order valence-electron chi connectivity index (χ0n) is 11.0. The van der Waals surface area contributed by atoms with Gasteiger partial charge in [0.25, 0.3) is 0 Å². The highest BCUT2D eigenvalue weighted by Gasteiger charge is 2.09. The summed E-state index contributed by atoms with van der Waals surface area (Å²) in [7, 11) is 1.64. The molecule has 0 aliphatic heterocycles. The van der Waals surface area contributed by atoms with E-state index >= 15 is 0 Å². The van der Waals surface area contributed by atoms with E-state index in [2.05, 4.69) is 10.1 Å². The monoisotopic (exact) mass is 266 g/mol. The van der Waals surface area contributed by atoms with E-state index in [0.29, 0.717) is 5.69 Å². The standard InChI is InChI=1S/C15H14N4O/c1-20-13-6-4-12(5-7-13)19-10-14(16)15(18-19)11-3-2-8-17-9-11/h2-10H,16H2,1H3. The lowest BCUT2D eigenvalue weighted by Gasteiger charge is -2.03. The van der Waals surface area contributed by atoms with Crippen LogP contribution in [-0.4, -0.2) is 21.9 Å². The van der Waals surface area contributed by atoms with Crippen molar-refractivity contribution in [2.45, 2.75) is 0 Å². The number of pyridine rings is 1. The Kier molecular flexibility index (Phi) is 3.09. The van der Waals surface area contributed by atoms with Gasteiger partial charge in [-0.1, -0.05) is 0 Å². The number of rotatable bonds is 3. The summed E-state index contributed by atoms with van der Waals surface area (Å²) in [6, 6.07) is 11.4. The molecule has 0 bridgehead atoms. The van der Waals surface area contributed by atoms with Crippen molar-refractivity contribution in [1.82, 2.24) is 14.8 Å². The summed E-state index contributed by atoms with van der Waals surface area (Å²) in [4.78, 5) is 4.09. The highest BCUT2D eigenvalue weighted by atomic mass is 16.5. The Hall–Kier alpha value is -2.82. The highest BCUT2D eigenvalue weighted by molar-refractivity contribution is 5.71. The summed E-state index contributed by atoms with van der Waals surface area (Å²) in [6.07, 6.45) is 5.27. The summed E-state index contributed by atoms with van der Waals surface area (Å²) >= 11 is 0. The Morgan fingerprint density at radius 3 is 2.60 bits per heavy atom. The summed E-state index contributed by atoms with van der Waals surface area (Å²) in [5, 5.41) is 4.52. The molecule has 100 valence electrons. The molecule has 2 aromatic heterocycles. The van der Waals surface area contributed by atoms with Crippen molar-refractivity contribution in [3.8, 4) is 22.7 Å². The number of methoxy groups -OCH3 is 1. The van der Waals surface area contributed by atoms with Crippen molar-refractivity contribution in [3.63, 3.8) is 0 Å². The number of nitrogen functional groups attached to an aromatic ring is 1. The molecular formula is C15H14N4O. The molecule has 0 amide bonds. The van der Waals surface area contributed by atoms with Gasteiger partial charge < -0.3 is 10.5 Å². The van der Waals surface area contributed by atoms with E-state index in [0.717, 1.165) is 22.7 Å². The van der Waals surface area contributed by atoms with Crippen LogP contribution in [0.15, 0.2) is 55.0 Å². The van der Waals surface area contributed by atoms with E-state index in [9.17, 15) is 0 Å². The molecule has 0 aliphatic rings. The lowest BCUT2D eigenvalue weighted by atomic mass is 10.2. The van der Waals surface area contributed by atoms with E-state index in [-0.39, 0.29) is 0 Å². The van der Waals surface area contributed by atoms with Crippen molar-refractivity contribution in [3.05, 3.63) is 55.0 Å². The highest BCUT2D eigenvalue weighted by Crippen LogP contribution is 2.25. The summed E-state index contributed by atoms with van der Waals surface area (Å²) in [5.41, 5.74) is 9.20. The number of nitrogens with two attached hydrogens (primary N) is 1. The quantitative estimate of drug-likeness (QED) is 0.791. The molecule has 0 spiro atoms. The first-order chi connectivity index (χ1) is 9.78. The molecule has 3 aromatic rings. The number of anilines is 1. The third-order valence-electron chi connectivity index (χ3n) is 3.01. The Morgan fingerprint density at radius 1 is 1.15 bits per heavy atom. The van der Waals surface area contributed by atoms with Crippen LogP contribution < -0.4 is 10.5 Å². The second kappa shape index (κ2) is 5.05. The third-order valence-corrected chi connectivity index (χ3v) is 3.01. The van der Waals surface area contributed by atoms with E-state index in [1.165, 1.54) is 0 Å². The Labute approximate surface area is 116 Å². The Balaban J connectivity index is 2.00. The van der Waals surface area contributed by atoms with Crippen molar-refractivity contribution >= 4 is 5.69 Å². The van der Waals surface area contributed by atoms with Gasteiger partial charge in [-0.3, -0.25) is 4.98 Å². The van der Waals surface area contributed by atoms with Crippen LogP contribution in [0, 0.1) is 0 Å². The van der Waals surface area contributed by atoms with Gasteiger partial charge in [-0.05, 0) is 36.4 Å². The van der Waals surface area contributed by atoms with Gasteiger partial charge >= 0.3 is 0 Å². The van der Waals surface area contributed by atoms with Gasteiger partial charge in [-0.2, -0.15) is 5.10 Å². The largest absolute Gasteiger partial charge is 0.497 e. The molecule has 5 nitrogen and oxygen atoms in total. The molecular weight excluding hydrogens is 252 g/mol. The minimum Gasteiger partial charge on any atom is -0.497 e. The minimum absolute atomic E-state index is 0.619. The topological polar surface area (TPSA) is 66.0 Å². The molecule has 0 aliphatic carbocycles. The number of nitrogens with zero attached hydrogens (tertiary/aromatic N) is 3. The van der Waals surface area contributed by atoms with Gasteiger partial charge in [0.15, 0.2) is 0 Å².